The van der Waals surface area contributed by atoms with Gasteiger partial charge in [-0.2, -0.15) is 5.26 Å². The second-order valence-corrected chi connectivity index (χ2v) is 9.58. The van der Waals surface area contributed by atoms with Gasteiger partial charge >= 0.3 is 5.97 Å². The zero-order chi connectivity index (χ0) is 20.9. The molecule has 3 aromatic rings. The van der Waals surface area contributed by atoms with Crippen molar-refractivity contribution in [2.24, 2.45) is 0 Å². The van der Waals surface area contributed by atoms with Crippen LogP contribution in [0.2, 0.25) is 0 Å². The topological polar surface area (TPSA) is 72.1 Å². The van der Waals surface area contributed by atoms with Crippen LogP contribution in [0.15, 0.2) is 54.7 Å². The highest BCUT2D eigenvalue weighted by Gasteiger charge is 2.20. The zero-order valence-electron chi connectivity index (χ0n) is 16.2. The fraction of sp³-hybridized carbons (Fsp3) is 0.261. The molecule has 7 heteroatoms. The van der Waals surface area contributed by atoms with E-state index in [1.165, 1.54) is 5.56 Å². The van der Waals surface area contributed by atoms with Crippen molar-refractivity contribution in [3.8, 4) is 6.07 Å². The number of hydrogen-bond donors (Lipinski definition) is 0. The Hall–Kier alpha value is -2.69. The quantitative estimate of drug-likeness (QED) is 0.380. The summed E-state index contributed by atoms with van der Waals surface area (Å²) in [6.45, 7) is 0.190. The summed E-state index contributed by atoms with van der Waals surface area (Å²) in [5.74, 6) is 1.53. The van der Waals surface area contributed by atoms with Crippen LogP contribution >= 0.6 is 23.5 Å². The second-order valence-electron chi connectivity index (χ2n) is 6.86. The van der Waals surface area contributed by atoms with E-state index < -0.39 is 5.97 Å². The minimum absolute atomic E-state index is 0.259. The van der Waals surface area contributed by atoms with Crippen LogP contribution in [0.5, 0.6) is 0 Å². The Bertz CT molecular complexity index is 1110. The lowest BCUT2D eigenvalue weighted by Gasteiger charge is -2.09. The molecule has 5 nitrogen and oxygen atoms in total. The van der Waals surface area contributed by atoms with Gasteiger partial charge in [-0.25, -0.2) is 4.79 Å². The Balaban J connectivity index is 1.43. The van der Waals surface area contributed by atoms with Crippen molar-refractivity contribution in [1.82, 2.24) is 4.57 Å². The van der Waals surface area contributed by atoms with Gasteiger partial charge in [0.25, 0.3) is 0 Å². The van der Waals surface area contributed by atoms with Gasteiger partial charge in [-0.3, -0.25) is 4.79 Å². The molecule has 1 aliphatic heterocycles. The first-order valence-electron chi connectivity index (χ1n) is 9.65. The molecule has 2 aromatic carbocycles. The second kappa shape index (κ2) is 9.41. The van der Waals surface area contributed by atoms with Gasteiger partial charge in [0.2, 0.25) is 5.78 Å². The molecule has 1 aromatic heterocycles. The lowest BCUT2D eigenvalue weighted by atomic mass is 10.1. The van der Waals surface area contributed by atoms with E-state index in [0.717, 1.165) is 22.4 Å². The number of nitriles is 1. The van der Waals surface area contributed by atoms with Gasteiger partial charge < -0.3 is 9.30 Å². The Labute approximate surface area is 183 Å². The van der Waals surface area contributed by atoms with Crippen LogP contribution in [0.25, 0.3) is 10.9 Å². The number of thioether (sulfide) groups is 2. The summed E-state index contributed by atoms with van der Waals surface area (Å²) in [5.41, 5.74) is 3.03. The van der Waals surface area contributed by atoms with E-state index in [2.05, 4.69) is 6.07 Å². The molecule has 152 valence electrons. The molecule has 30 heavy (non-hydrogen) atoms. The van der Waals surface area contributed by atoms with Gasteiger partial charge in [0.1, 0.15) is 0 Å². The summed E-state index contributed by atoms with van der Waals surface area (Å²) in [6.07, 6.45) is 2.10. The van der Waals surface area contributed by atoms with Gasteiger partial charge in [-0.1, -0.05) is 30.3 Å². The Morgan fingerprint density at radius 3 is 2.57 bits per heavy atom. The maximum absolute atomic E-state index is 12.7. The number of Topliss-reactive ketones (excluding diaryl/α,β-unsaturated/α-hetero) is 1. The average molecular weight is 437 g/mol. The van der Waals surface area contributed by atoms with E-state index in [9.17, 15) is 9.59 Å². The maximum atomic E-state index is 12.7. The molecular weight excluding hydrogens is 416 g/mol. The summed E-state index contributed by atoms with van der Waals surface area (Å²) in [5, 5.41) is 9.66. The number of carbonyl (C=O) groups is 2. The molecule has 0 N–H and O–H groups in total. The minimum atomic E-state index is -0.505. The van der Waals surface area contributed by atoms with Crippen molar-refractivity contribution >= 4 is 46.2 Å². The predicted octanol–water partition coefficient (Wildman–Crippen LogP) is 5.07. The number of ether oxygens (including phenoxy) is 1. The third-order valence-corrected chi connectivity index (χ3v) is 8.03. The van der Waals surface area contributed by atoms with Gasteiger partial charge in [0, 0.05) is 40.7 Å². The minimum Gasteiger partial charge on any atom is -0.454 e. The van der Waals surface area contributed by atoms with Gasteiger partial charge in [0.05, 0.1) is 22.6 Å². The average Bonchev–Trinajstić information content (AvgIpc) is 3.44. The monoisotopic (exact) mass is 436 g/mol. The molecule has 0 amide bonds. The van der Waals surface area contributed by atoms with Gasteiger partial charge in [0.15, 0.2) is 6.61 Å². The molecule has 0 aliphatic carbocycles. The number of rotatable bonds is 7. The molecule has 0 bridgehead atoms. The van der Waals surface area contributed by atoms with Crippen molar-refractivity contribution in [3.05, 3.63) is 71.4 Å². The van der Waals surface area contributed by atoms with Crippen molar-refractivity contribution in [2.45, 2.75) is 17.5 Å². The van der Waals surface area contributed by atoms with Crippen LogP contribution in [-0.2, 0) is 11.3 Å². The summed E-state index contributed by atoms with van der Waals surface area (Å²) >= 11 is 3.82. The van der Waals surface area contributed by atoms with E-state index in [1.54, 1.807) is 18.3 Å². The Morgan fingerprint density at radius 2 is 1.83 bits per heavy atom. The molecule has 1 aliphatic rings. The van der Waals surface area contributed by atoms with Crippen molar-refractivity contribution in [2.75, 3.05) is 18.1 Å². The number of aryl methyl sites for hydroxylation is 1. The fourth-order valence-corrected chi connectivity index (χ4v) is 6.30. The van der Waals surface area contributed by atoms with Crippen molar-refractivity contribution in [3.63, 3.8) is 0 Å². The molecular formula is C23H20N2O3S2. The molecule has 0 radical (unpaired) electrons. The lowest BCUT2D eigenvalue weighted by Crippen LogP contribution is -2.14. The van der Waals surface area contributed by atoms with Crippen LogP contribution in [0, 0.1) is 11.3 Å². The van der Waals surface area contributed by atoms with Crippen LogP contribution in [0.1, 0.15) is 37.3 Å². The highest BCUT2D eigenvalue weighted by atomic mass is 32.2. The SMILES string of the molecule is N#CCCn1cc(C(=O)COC(=O)c2ccc(C3SCCS3)cc2)c2ccccc21. The summed E-state index contributed by atoms with van der Waals surface area (Å²) in [7, 11) is 0. The van der Waals surface area contributed by atoms with E-state index >= 15 is 0 Å². The third-order valence-electron chi connectivity index (χ3n) is 4.93. The standard InChI is InChI=1S/C23H20N2O3S2/c24-10-3-11-25-14-19(18-4-1-2-5-20(18)25)21(26)15-28-22(27)16-6-8-17(9-7-16)23-29-12-13-30-23/h1-2,4-9,14,23H,3,11-13,15H2. The first kappa shape index (κ1) is 20.6. The molecule has 0 saturated carbocycles. The summed E-state index contributed by atoms with van der Waals surface area (Å²) < 4.78 is 7.61. The number of para-hydroxylation sites is 1. The number of aromatic nitrogens is 1. The van der Waals surface area contributed by atoms with Crippen molar-refractivity contribution in [1.29, 1.82) is 5.26 Å². The number of ketones is 1. The number of nitrogens with zero attached hydrogens (tertiary/aromatic N) is 2. The van der Waals surface area contributed by atoms with E-state index in [-0.39, 0.29) is 12.4 Å². The molecule has 4 rings (SSSR count). The number of fused-ring (bicyclic) bond motifs is 1. The van der Waals surface area contributed by atoms with Crippen LogP contribution in [-0.4, -0.2) is 34.4 Å². The highest BCUT2D eigenvalue weighted by molar-refractivity contribution is 8.19. The van der Waals surface area contributed by atoms with Gasteiger partial charge in [-0.15, -0.1) is 23.5 Å². The normalized spacial score (nSPS) is 14.0. The van der Waals surface area contributed by atoms with Crippen LogP contribution < -0.4 is 0 Å². The number of carbonyl (C=O) groups excluding carboxylic acids is 2. The summed E-state index contributed by atoms with van der Waals surface area (Å²) in [6, 6.07) is 17.1. The number of benzene rings is 2. The Kier molecular flexibility index (Phi) is 6.46. The Morgan fingerprint density at radius 1 is 1.10 bits per heavy atom. The smallest absolute Gasteiger partial charge is 0.338 e. The molecule has 1 fully saturated rings. The molecule has 2 heterocycles. The molecule has 0 atom stereocenters. The highest BCUT2D eigenvalue weighted by Crippen LogP contribution is 2.45. The molecule has 0 unspecified atom stereocenters. The van der Waals surface area contributed by atoms with E-state index in [0.29, 0.717) is 28.7 Å². The van der Waals surface area contributed by atoms with Crippen LogP contribution in [0.3, 0.4) is 0 Å². The fourth-order valence-electron chi connectivity index (χ4n) is 3.44. The van der Waals surface area contributed by atoms with Gasteiger partial charge in [-0.05, 0) is 23.8 Å². The molecule has 0 spiro atoms. The first-order valence-corrected chi connectivity index (χ1v) is 11.8. The first-order chi connectivity index (χ1) is 14.7. The van der Waals surface area contributed by atoms with Crippen LogP contribution in [0.4, 0.5) is 0 Å². The largest absolute Gasteiger partial charge is 0.454 e. The number of esters is 1. The van der Waals surface area contributed by atoms with E-state index in [1.807, 2.05) is 64.5 Å². The zero-order valence-corrected chi connectivity index (χ0v) is 17.9. The summed E-state index contributed by atoms with van der Waals surface area (Å²) in [4.78, 5) is 25.1. The third kappa shape index (κ3) is 4.40. The number of hydrogen-bond acceptors (Lipinski definition) is 6. The lowest BCUT2D eigenvalue weighted by molar-refractivity contribution is 0.0475. The predicted molar refractivity (Wildman–Crippen MR) is 121 cm³/mol. The van der Waals surface area contributed by atoms with E-state index in [4.69, 9.17) is 10.00 Å². The maximum Gasteiger partial charge on any atom is 0.338 e. The van der Waals surface area contributed by atoms with Crippen molar-refractivity contribution < 1.29 is 14.3 Å². The molecule has 1 saturated heterocycles.